The molecule has 0 aliphatic heterocycles. The number of likely N-dealkylation sites (N-methyl/N-ethyl adjacent to an activating group) is 1. The van der Waals surface area contributed by atoms with E-state index in [9.17, 15) is 19.5 Å². The number of allylic oxidation sites excluding steroid dienone is 20. The second-order valence-corrected chi connectivity index (χ2v) is 25.5. The first-order valence-corrected chi connectivity index (χ1v) is 36.7. The minimum atomic E-state index is -1.63. The Bertz CT molecular complexity index is 1880. The van der Waals surface area contributed by atoms with Crippen molar-refractivity contribution < 1.29 is 42.9 Å². The fraction of sp³-hybridized carbons (Fsp3) is 0.713. The Morgan fingerprint density at radius 2 is 0.607 bits per heavy atom. The molecule has 0 saturated heterocycles. The highest BCUT2D eigenvalue weighted by Crippen LogP contribution is 2.18. The summed E-state index contributed by atoms with van der Waals surface area (Å²) in [6.45, 7) is 4.55. The number of aliphatic carboxylic acids is 1. The Hall–Kier alpha value is -4.31. The molecule has 0 radical (unpaired) electrons. The Kier molecular flexibility index (Phi) is 66.2. The maximum Gasteiger partial charge on any atom is 0.306 e. The first-order chi connectivity index (χ1) is 43.6. The standard InChI is InChI=1S/C80H137NO8/c1-6-8-10-12-14-16-18-20-22-24-26-28-30-32-34-36-37-38-39-40-41-43-45-47-49-51-53-55-57-59-61-63-65-67-69-71-78(83)89-76(75-88-80(79(84)85)86-73-72-81(3,4)5)74-87-77(82)70-68-66-64-62-60-58-56-54-52-50-48-46-44-42-35-33-31-29-27-25-23-21-19-17-15-13-11-9-7-2/h8-11,14-17,20-23,26-29,32,34,37-38,76,80H,6-7,12-13,18-19,24-25,30-31,33,35-36,39-75H2,1-5H3/b10-8-,11-9-,16-14-,17-15-,22-20-,23-21-,28-26-,29-27-,34-32-,38-37-. The van der Waals surface area contributed by atoms with E-state index in [-0.39, 0.29) is 38.6 Å². The molecule has 0 aliphatic carbocycles. The number of hydrogen-bond acceptors (Lipinski definition) is 8. The van der Waals surface area contributed by atoms with Crippen molar-refractivity contribution in [2.75, 3.05) is 47.5 Å². The number of nitrogens with zero attached hydrogens (tertiary/aromatic N) is 1. The van der Waals surface area contributed by atoms with Crippen LogP contribution in [0, 0.1) is 0 Å². The Balaban J connectivity index is 4.08. The summed E-state index contributed by atoms with van der Waals surface area (Å²) >= 11 is 0. The highest BCUT2D eigenvalue weighted by atomic mass is 16.7. The third kappa shape index (κ3) is 71.0. The first kappa shape index (κ1) is 84.7. The van der Waals surface area contributed by atoms with Gasteiger partial charge in [-0.25, -0.2) is 0 Å². The molecule has 2 unspecified atom stereocenters. The van der Waals surface area contributed by atoms with E-state index in [4.69, 9.17) is 18.9 Å². The third-order valence-corrected chi connectivity index (χ3v) is 15.7. The van der Waals surface area contributed by atoms with Gasteiger partial charge in [-0.05, 0) is 103 Å². The molecule has 0 heterocycles. The van der Waals surface area contributed by atoms with Gasteiger partial charge in [-0.1, -0.05) is 315 Å². The summed E-state index contributed by atoms with van der Waals surface area (Å²) in [5, 5.41) is 11.8. The van der Waals surface area contributed by atoms with Gasteiger partial charge < -0.3 is 33.3 Å². The Morgan fingerprint density at radius 1 is 0.337 bits per heavy atom. The van der Waals surface area contributed by atoms with E-state index in [0.29, 0.717) is 17.4 Å². The number of carboxylic acid groups (broad SMARTS) is 1. The van der Waals surface area contributed by atoms with Crippen molar-refractivity contribution in [3.8, 4) is 0 Å². The van der Waals surface area contributed by atoms with Crippen LogP contribution in [0.15, 0.2) is 122 Å². The van der Waals surface area contributed by atoms with Gasteiger partial charge in [0.15, 0.2) is 12.4 Å². The van der Waals surface area contributed by atoms with Crippen LogP contribution >= 0.6 is 0 Å². The predicted molar refractivity (Wildman–Crippen MR) is 380 cm³/mol. The molecule has 0 rings (SSSR count). The van der Waals surface area contributed by atoms with Gasteiger partial charge in [0, 0.05) is 12.8 Å². The molecule has 0 aliphatic rings. The van der Waals surface area contributed by atoms with E-state index in [2.05, 4.69) is 135 Å². The van der Waals surface area contributed by atoms with Crippen LogP contribution in [0.5, 0.6) is 0 Å². The van der Waals surface area contributed by atoms with Gasteiger partial charge in [-0.3, -0.25) is 9.59 Å². The van der Waals surface area contributed by atoms with Crippen LogP contribution in [0.3, 0.4) is 0 Å². The lowest BCUT2D eigenvalue weighted by Crippen LogP contribution is -2.44. The fourth-order valence-corrected chi connectivity index (χ4v) is 10.2. The van der Waals surface area contributed by atoms with Crippen LogP contribution in [0.4, 0.5) is 0 Å². The van der Waals surface area contributed by atoms with Crippen molar-refractivity contribution in [1.29, 1.82) is 0 Å². The Morgan fingerprint density at radius 3 is 0.899 bits per heavy atom. The van der Waals surface area contributed by atoms with Crippen molar-refractivity contribution in [3.05, 3.63) is 122 Å². The quantitative estimate of drug-likeness (QED) is 0.0195. The molecule has 89 heavy (non-hydrogen) atoms. The molecule has 0 spiro atoms. The minimum absolute atomic E-state index is 0.145. The zero-order chi connectivity index (χ0) is 64.7. The number of hydrogen-bond donors (Lipinski definition) is 0. The fourth-order valence-electron chi connectivity index (χ4n) is 10.2. The first-order valence-electron chi connectivity index (χ1n) is 36.7. The largest absolute Gasteiger partial charge is 0.545 e. The average molecular weight is 1240 g/mol. The number of ether oxygens (including phenoxy) is 4. The summed E-state index contributed by atoms with van der Waals surface area (Å²) in [5.74, 6) is -2.27. The second-order valence-electron chi connectivity index (χ2n) is 25.5. The van der Waals surface area contributed by atoms with E-state index in [1.54, 1.807) is 0 Å². The molecule has 2 atom stereocenters. The molecule has 9 nitrogen and oxygen atoms in total. The lowest BCUT2D eigenvalue weighted by Gasteiger charge is -2.26. The number of quaternary nitrogens is 1. The van der Waals surface area contributed by atoms with E-state index >= 15 is 0 Å². The number of carboxylic acids is 1. The summed E-state index contributed by atoms with van der Waals surface area (Å²) in [5.41, 5.74) is 0. The molecule has 510 valence electrons. The molecular formula is C80H137NO8. The van der Waals surface area contributed by atoms with Gasteiger partial charge in [0.2, 0.25) is 0 Å². The van der Waals surface area contributed by atoms with E-state index in [1.807, 2.05) is 21.1 Å². The summed E-state index contributed by atoms with van der Waals surface area (Å²) in [7, 11) is 5.93. The molecule has 0 bridgehead atoms. The van der Waals surface area contributed by atoms with Gasteiger partial charge >= 0.3 is 11.9 Å². The number of carbonyl (C=O) groups excluding carboxylic acids is 3. The van der Waals surface area contributed by atoms with Crippen molar-refractivity contribution in [2.45, 2.75) is 322 Å². The molecule has 0 fully saturated rings. The smallest absolute Gasteiger partial charge is 0.306 e. The van der Waals surface area contributed by atoms with Crippen LogP contribution in [-0.2, 0) is 33.3 Å². The molecule has 0 aromatic carbocycles. The van der Waals surface area contributed by atoms with E-state index < -0.39 is 24.3 Å². The zero-order valence-electron chi connectivity index (χ0n) is 58.3. The van der Waals surface area contributed by atoms with Gasteiger partial charge in [0.05, 0.1) is 40.3 Å². The maximum atomic E-state index is 13.0. The highest BCUT2D eigenvalue weighted by Gasteiger charge is 2.22. The van der Waals surface area contributed by atoms with E-state index in [1.165, 1.54) is 173 Å². The number of rotatable bonds is 67. The average Bonchev–Trinajstić information content (AvgIpc) is 3.64. The maximum absolute atomic E-state index is 13.0. The van der Waals surface area contributed by atoms with Crippen LogP contribution in [0.25, 0.3) is 0 Å². The number of esters is 2. The van der Waals surface area contributed by atoms with Crippen molar-refractivity contribution in [3.63, 3.8) is 0 Å². The lowest BCUT2D eigenvalue weighted by atomic mass is 10.0. The van der Waals surface area contributed by atoms with Gasteiger partial charge in [-0.2, -0.15) is 0 Å². The van der Waals surface area contributed by atoms with Crippen molar-refractivity contribution >= 4 is 17.9 Å². The third-order valence-electron chi connectivity index (χ3n) is 15.7. The van der Waals surface area contributed by atoms with Crippen LogP contribution < -0.4 is 5.11 Å². The molecule has 0 saturated carbocycles. The molecule has 0 amide bonds. The summed E-state index contributed by atoms with van der Waals surface area (Å²) in [6.07, 6.45) is 95.7. The molecule has 9 heteroatoms. The van der Waals surface area contributed by atoms with E-state index in [0.717, 1.165) is 103 Å². The topological polar surface area (TPSA) is 111 Å². The summed E-state index contributed by atoms with van der Waals surface area (Å²) in [6, 6.07) is 0. The predicted octanol–water partition coefficient (Wildman–Crippen LogP) is 21.8. The zero-order valence-corrected chi connectivity index (χ0v) is 58.3. The monoisotopic (exact) mass is 1240 g/mol. The molecule has 0 aromatic rings. The summed E-state index contributed by atoms with van der Waals surface area (Å²) in [4.78, 5) is 37.6. The lowest BCUT2D eigenvalue weighted by molar-refractivity contribution is -0.870. The minimum Gasteiger partial charge on any atom is -0.545 e. The SMILES string of the molecule is CC/C=C\C/C=C\C/C=C\C/C=C\C/C=C\C/C=C\CCCCCCCCCCCCCCCCCCC(=O)OC(COC(=O)CCCCCCCCCCCCCCCCCC/C=C\C/C=C\C/C=C\C/C=C\CC)COC(OCC[N+](C)(C)C)C(=O)[O-]. The second kappa shape index (κ2) is 69.6. The number of carbonyl (C=O) groups is 3. The number of unbranched alkanes of at least 4 members (excludes halogenated alkanes) is 32. The summed E-state index contributed by atoms with van der Waals surface area (Å²) < 4.78 is 22.8. The van der Waals surface area contributed by atoms with Crippen molar-refractivity contribution in [1.82, 2.24) is 0 Å². The van der Waals surface area contributed by atoms with Crippen LogP contribution in [-0.4, -0.2) is 82.3 Å². The van der Waals surface area contributed by atoms with Crippen LogP contribution in [0.2, 0.25) is 0 Å². The van der Waals surface area contributed by atoms with Crippen LogP contribution in [0.1, 0.15) is 309 Å². The highest BCUT2D eigenvalue weighted by molar-refractivity contribution is 5.70. The van der Waals surface area contributed by atoms with Gasteiger partial charge in [-0.15, -0.1) is 0 Å². The molecule has 0 N–H and O–H groups in total. The normalized spacial score (nSPS) is 13.4. The molecular weight excluding hydrogens is 1100 g/mol. The van der Waals surface area contributed by atoms with Crippen molar-refractivity contribution in [2.24, 2.45) is 0 Å². The molecule has 0 aromatic heterocycles. The van der Waals surface area contributed by atoms with Gasteiger partial charge in [0.25, 0.3) is 0 Å². The Labute approximate surface area is 548 Å². The van der Waals surface area contributed by atoms with Gasteiger partial charge in [0.1, 0.15) is 13.2 Å².